The van der Waals surface area contributed by atoms with Gasteiger partial charge in [0.2, 0.25) is 0 Å². The molecule has 2 rings (SSSR count). The molecule has 1 atom stereocenters. The molecule has 0 bridgehead atoms. The van der Waals surface area contributed by atoms with Gasteiger partial charge < -0.3 is 14.6 Å². The van der Waals surface area contributed by atoms with Crippen molar-refractivity contribution in [2.75, 3.05) is 0 Å². The van der Waals surface area contributed by atoms with Crippen molar-refractivity contribution in [2.45, 2.75) is 51.6 Å². The molecule has 184 valence electrons. The van der Waals surface area contributed by atoms with Gasteiger partial charge in [-0.25, -0.2) is 9.59 Å². The monoisotopic (exact) mass is 499 g/mol. The van der Waals surface area contributed by atoms with Gasteiger partial charge in [-0.1, -0.05) is 13.0 Å². The molecule has 3 N–H and O–H groups in total. The molecule has 11 heteroatoms. The Morgan fingerprint density at radius 3 is 2.62 bits per heavy atom. The fourth-order valence-corrected chi connectivity index (χ4v) is 4.02. The molecule has 34 heavy (non-hydrogen) atoms. The Kier molecular flexibility index (Phi) is 9.25. The van der Waals surface area contributed by atoms with Crippen LogP contribution in [0.1, 0.15) is 64.9 Å². The third-order valence-electron chi connectivity index (χ3n) is 4.81. The molecule has 0 aromatic carbocycles. The average Bonchev–Trinajstić information content (AvgIpc) is 3.17. The predicted octanol–water partition coefficient (Wildman–Crippen LogP) is 5.85. The minimum Gasteiger partial charge on any atom is -0.507 e. The zero-order valence-electron chi connectivity index (χ0n) is 18.4. The van der Waals surface area contributed by atoms with Crippen molar-refractivity contribution in [2.24, 2.45) is 0 Å². The van der Waals surface area contributed by atoms with Gasteiger partial charge >= 0.3 is 17.9 Å². The van der Waals surface area contributed by atoms with Crippen molar-refractivity contribution in [1.29, 1.82) is 0 Å². The summed E-state index contributed by atoms with van der Waals surface area (Å²) in [4.78, 5) is 36.6. The lowest BCUT2D eigenvalue weighted by atomic mass is 10.00. The highest BCUT2D eigenvalue weighted by Gasteiger charge is 2.27. The summed E-state index contributed by atoms with van der Waals surface area (Å²) >= 11 is 1.11. The van der Waals surface area contributed by atoms with Gasteiger partial charge in [-0.05, 0) is 50.0 Å². The molecule has 1 unspecified atom stereocenters. The SMILES string of the molecule is C/C(=C\c1ccc(CCC(F)(F)F)s1)C(=O)c1c(O)cc(C(C)CCC=CNC(=O)O)oc1=O. The minimum atomic E-state index is -4.25. The maximum Gasteiger partial charge on any atom is 0.408 e. The predicted molar refractivity (Wildman–Crippen MR) is 121 cm³/mol. The molecule has 1 amide bonds. The molecule has 0 fully saturated rings. The summed E-state index contributed by atoms with van der Waals surface area (Å²) in [5, 5.41) is 20.9. The van der Waals surface area contributed by atoms with Gasteiger partial charge in [0, 0.05) is 34.4 Å². The molecule has 2 aromatic rings. The van der Waals surface area contributed by atoms with Crippen LogP contribution < -0.4 is 10.9 Å². The third kappa shape index (κ3) is 8.22. The van der Waals surface area contributed by atoms with Crippen LogP contribution in [0.4, 0.5) is 18.0 Å². The van der Waals surface area contributed by atoms with Crippen LogP contribution in [0.5, 0.6) is 5.75 Å². The fourth-order valence-electron chi connectivity index (χ4n) is 3.00. The van der Waals surface area contributed by atoms with E-state index in [0.717, 1.165) is 11.3 Å². The van der Waals surface area contributed by atoms with Gasteiger partial charge in [0.1, 0.15) is 17.1 Å². The largest absolute Gasteiger partial charge is 0.507 e. The van der Waals surface area contributed by atoms with Crippen LogP contribution in [-0.2, 0) is 6.42 Å². The lowest BCUT2D eigenvalue weighted by Crippen LogP contribution is -2.16. The lowest BCUT2D eigenvalue weighted by Gasteiger charge is -2.11. The zero-order chi connectivity index (χ0) is 25.5. The number of aryl methyl sites for hydroxylation is 1. The molecule has 0 aliphatic heterocycles. The Labute approximate surface area is 197 Å². The number of aromatic hydroxyl groups is 1. The number of amides is 1. The smallest absolute Gasteiger partial charge is 0.408 e. The Balaban J connectivity index is 2.11. The molecular formula is C23H24F3NO6S. The maximum atomic E-state index is 12.7. The summed E-state index contributed by atoms with van der Waals surface area (Å²) in [7, 11) is 0. The molecule has 2 heterocycles. The summed E-state index contributed by atoms with van der Waals surface area (Å²) in [5.74, 6) is -1.41. The highest BCUT2D eigenvalue weighted by atomic mass is 32.1. The molecular weight excluding hydrogens is 475 g/mol. The highest BCUT2D eigenvalue weighted by molar-refractivity contribution is 7.12. The number of nitrogens with one attached hydrogen (secondary N) is 1. The van der Waals surface area contributed by atoms with E-state index in [9.17, 15) is 32.7 Å². The normalized spacial score (nSPS) is 13.3. The number of Topliss-reactive ketones (excluding diaryl/α,β-unsaturated/α-hetero) is 1. The van der Waals surface area contributed by atoms with Crippen LogP contribution in [-0.4, -0.2) is 28.3 Å². The van der Waals surface area contributed by atoms with Gasteiger partial charge in [-0.15, -0.1) is 11.3 Å². The number of carbonyl (C=O) groups is 2. The van der Waals surface area contributed by atoms with Crippen LogP contribution in [0.3, 0.4) is 0 Å². The summed E-state index contributed by atoms with van der Waals surface area (Å²) in [6.45, 7) is 3.18. The highest BCUT2D eigenvalue weighted by Crippen LogP contribution is 2.28. The summed E-state index contributed by atoms with van der Waals surface area (Å²) in [5.41, 5.74) is -1.41. The van der Waals surface area contributed by atoms with E-state index in [2.05, 4.69) is 5.32 Å². The van der Waals surface area contributed by atoms with Crippen molar-refractivity contribution >= 4 is 29.3 Å². The van der Waals surface area contributed by atoms with E-state index < -0.39 is 41.4 Å². The van der Waals surface area contributed by atoms with Crippen LogP contribution in [0.2, 0.25) is 0 Å². The van der Waals surface area contributed by atoms with Gasteiger partial charge in [0.05, 0.1) is 0 Å². The molecule has 0 saturated heterocycles. The van der Waals surface area contributed by atoms with Crippen molar-refractivity contribution in [3.05, 3.63) is 67.5 Å². The maximum absolute atomic E-state index is 12.7. The molecule has 0 aliphatic rings. The Morgan fingerprint density at radius 1 is 1.29 bits per heavy atom. The number of hydrogen-bond donors (Lipinski definition) is 3. The molecule has 0 radical (unpaired) electrons. The number of carbonyl (C=O) groups excluding carboxylic acids is 1. The standard InChI is InChI=1S/C23H24F3NO6S/c1-13(5-3-4-10-27-22(31)32)18-12-17(28)19(21(30)33-18)20(29)14(2)11-16-7-6-15(34-16)8-9-23(24,25)26/h4,6-7,10-13,27-28H,3,5,8-9H2,1-2H3,(H,31,32)/b10-4?,14-11+. The third-order valence-corrected chi connectivity index (χ3v) is 5.90. The van der Waals surface area contributed by atoms with E-state index in [1.165, 1.54) is 25.3 Å². The van der Waals surface area contributed by atoms with Gasteiger partial charge in [-0.2, -0.15) is 13.2 Å². The van der Waals surface area contributed by atoms with Crippen molar-refractivity contribution in [3.8, 4) is 5.75 Å². The van der Waals surface area contributed by atoms with Crippen LogP contribution in [0.25, 0.3) is 6.08 Å². The first kappa shape index (κ1) is 26.9. The number of rotatable bonds is 10. The van der Waals surface area contributed by atoms with Gasteiger partial charge in [0.25, 0.3) is 0 Å². The number of alkyl halides is 3. The van der Waals surface area contributed by atoms with Crippen LogP contribution >= 0.6 is 11.3 Å². The van der Waals surface area contributed by atoms with Crippen molar-refractivity contribution < 1.29 is 37.4 Å². The van der Waals surface area contributed by atoms with Crippen molar-refractivity contribution in [1.82, 2.24) is 5.32 Å². The Bertz CT molecular complexity index is 1150. The Morgan fingerprint density at radius 2 is 2.00 bits per heavy atom. The van der Waals surface area contributed by atoms with E-state index >= 15 is 0 Å². The number of halogens is 3. The summed E-state index contributed by atoms with van der Waals surface area (Å²) < 4.78 is 42.4. The first-order valence-corrected chi connectivity index (χ1v) is 11.1. The molecule has 0 saturated carbocycles. The Hall–Kier alpha value is -3.34. The molecule has 0 spiro atoms. The fraction of sp³-hybridized carbons (Fsp3) is 0.348. The topological polar surface area (TPSA) is 117 Å². The number of thiophene rings is 1. The summed E-state index contributed by atoms with van der Waals surface area (Å²) in [6, 6.07) is 4.34. The van der Waals surface area contributed by atoms with E-state index in [-0.39, 0.29) is 23.7 Å². The second-order valence-electron chi connectivity index (χ2n) is 7.60. The van der Waals surface area contributed by atoms with Gasteiger partial charge in [0.15, 0.2) is 5.78 Å². The number of hydrogen-bond acceptors (Lipinski definition) is 6. The molecule has 0 aliphatic carbocycles. The van der Waals surface area contributed by atoms with E-state index in [1.807, 2.05) is 0 Å². The number of ketones is 1. The van der Waals surface area contributed by atoms with Crippen LogP contribution in [0, 0.1) is 0 Å². The van der Waals surface area contributed by atoms with E-state index in [4.69, 9.17) is 9.52 Å². The van der Waals surface area contributed by atoms with Gasteiger partial charge in [-0.3, -0.25) is 10.1 Å². The minimum absolute atomic E-state index is 0.115. The van der Waals surface area contributed by atoms with Crippen molar-refractivity contribution in [3.63, 3.8) is 0 Å². The lowest BCUT2D eigenvalue weighted by molar-refractivity contribution is -0.133. The zero-order valence-corrected chi connectivity index (χ0v) is 19.3. The molecule has 7 nitrogen and oxygen atoms in total. The van der Waals surface area contributed by atoms with E-state index in [0.29, 0.717) is 22.6 Å². The average molecular weight is 500 g/mol. The first-order chi connectivity index (χ1) is 15.9. The second-order valence-corrected chi connectivity index (χ2v) is 8.80. The molecule has 2 aromatic heterocycles. The summed E-state index contributed by atoms with van der Waals surface area (Å²) in [6.07, 6.45) is -1.28. The number of carboxylic acid groups (broad SMARTS) is 1. The van der Waals surface area contributed by atoms with Crippen LogP contribution in [0.15, 0.2) is 45.3 Å². The second kappa shape index (κ2) is 11.7. The first-order valence-electron chi connectivity index (χ1n) is 10.3. The van der Waals surface area contributed by atoms with E-state index in [1.54, 1.807) is 25.1 Å². The quantitative estimate of drug-likeness (QED) is 0.279. The number of allylic oxidation sites excluding steroid dienone is 2.